The Kier molecular flexibility index (Phi) is 4.47. The van der Waals surface area contributed by atoms with Gasteiger partial charge in [0.2, 0.25) is 11.8 Å². The number of nitrogens with one attached hydrogen (secondary N) is 1. The summed E-state index contributed by atoms with van der Waals surface area (Å²) in [6.45, 7) is 7.90. The van der Waals surface area contributed by atoms with Crippen LogP contribution in [0.1, 0.15) is 47.0 Å². The molecule has 1 N–H and O–H groups in total. The third kappa shape index (κ3) is 2.82. The molecule has 0 aromatic carbocycles. The van der Waals surface area contributed by atoms with Crippen molar-refractivity contribution in [2.45, 2.75) is 65.1 Å². The molecule has 1 aliphatic rings. The highest BCUT2D eigenvalue weighted by Crippen LogP contribution is 2.17. The molecule has 1 saturated heterocycles. The number of hydrogen-bond acceptors (Lipinski definition) is 3. The Morgan fingerprint density at radius 2 is 2.00 bits per heavy atom. The second-order valence-electron chi connectivity index (χ2n) is 4.81. The zero-order valence-corrected chi connectivity index (χ0v) is 10.6. The number of imide groups is 1. The molecule has 0 radical (unpaired) electrons. The standard InChI is InChI=1S/C12H22N2O2/c1-5-6-9(4)13-10-7-11(15)14(8(2)3)12(10)16/h8-10,13H,5-7H2,1-4H3. The molecule has 1 aliphatic heterocycles. The first-order valence-corrected chi connectivity index (χ1v) is 6.09. The van der Waals surface area contributed by atoms with E-state index >= 15 is 0 Å². The second-order valence-corrected chi connectivity index (χ2v) is 4.81. The molecule has 0 aromatic rings. The summed E-state index contributed by atoms with van der Waals surface area (Å²) in [5, 5.41) is 3.23. The number of carbonyl (C=O) groups excluding carboxylic acids is 2. The topological polar surface area (TPSA) is 49.4 Å². The Bertz CT molecular complexity index is 276. The Labute approximate surface area is 97.4 Å². The molecule has 0 saturated carbocycles. The second kappa shape index (κ2) is 5.43. The lowest BCUT2D eigenvalue weighted by molar-refractivity contribution is -0.140. The van der Waals surface area contributed by atoms with Gasteiger partial charge < -0.3 is 5.32 Å². The number of nitrogens with zero attached hydrogens (tertiary/aromatic N) is 1. The Hall–Kier alpha value is -0.900. The average molecular weight is 226 g/mol. The highest BCUT2D eigenvalue weighted by Gasteiger charge is 2.39. The zero-order chi connectivity index (χ0) is 12.3. The minimum Gasteiger partial charge on any atom is -0.303 e. The minimum atomic E-state index is -0.309. The van der Waals surface area contributed by atoms with Gasteiger partial charge in [-0.05, 0) is 27.2 Å². The zero-order valence-electron chi connectivity index (χ0n) is 10.6. The fourth-order valence-corrected chi connectivity index (χ4v) is 2.18. The largest absolute Gasteiger partial charge is 0.303 e. The molecule has 92 valence electrons. The molecular formula is C12H22N2O2. The molecule has 2 amide bonds. The van der Waals surface area contributed by atoms with E-state index in [0.717, 1.165) is 12.8 Å². The van der Waals surface area contributed by atoms with E-state index in [1.165, 1.54) is 4.90 Å². The molecule has 1 rings (SSSR count). The predicted octanol–water partition coefficient (Wildman–Crippen LogP) is 1.30. The van der Waals surface area contributed by atoms with Crippen LogP contribution in [-0.2, 0) is 9.59 Å². The van der Waals surface area contributed by atoms with E-state index in [9.17, 15) is 9.59 Å². The molecule has 16 heavy (non-hydrogen) atoms. The molecule has 0 aromatic heterocycles. The Morgan fingerprint density at radius 1 is 1.38 bits per heavy atom. The molecule has 0 bridgehead atoms. The maximum absolute atomic E-state index is 11.9. The lowest BCUT2D eigenvalue weighted by Gasteiger charge is -2.21. The first-order valence-electron chi connectivity index (χ1n) is 6.09. The molecular weight excluding hydrogens is 204 g/mol. The number of hydrogen-bond donors (Lipinski definition) is 1. The lowest BCUT2D eigenvalue weighted by Crippen LogP contribution is -2.44. The smallest absolute Gasteiger partial charge is 0.247 e. The molecule has 1 fully saturated rings. The summed E-state index contributed by atoms with van der Waals surface area (Å²) in [4.78, 5) is 25.0. The molecule has 2 unspecified atom stereocenters. The van der Waals surface area contributed by atoms with Gasteiger partial charge in [0, 0.05) is 12.1 Å². The van der Waals surface area contributed by atoms with Crippen LogP contribution in [0, 0.1) is 0 Å². The SMILES string of the molecule is CCCC(C)NC1CC(=O)N(C(C)C)C1=O. The molecule has 4 heteroatoms. The molecule has 2 atom stereocenters. The third-order valence-electron chi connectivity index (χ3n) is 2.91. The van der Waals surface area contributed by atoms with Crippen LogP contribution in [0.3, 0.4) is 0 Å². The van der Waals surface area contributed by atoms with Crippen LogP contribution in [0.25, 0.3) is 0 Å². The fraction of sp³-hybridized carbons (Fsp3) is 0.833. The van der Waals surface area contributed by atoms with Crippen molar-refractivity contribution in [3.63, 3.8) is 0 Å². The number of amides is 2. The average Bonchev–Trinajstić information content (AvgIpc) is 2.42. The number of rotatable bonds is 5. The van der Waals surface area contributed by atoms with Crippen LogP contribution in [-0.4, -0.2) is 34.8 Å². The van der Waals surface area contributed by atoms with Crippen molar-refractivity contribution in [1.29, 1.82) is 0 Å². The highest BCUT2D eigenvalue weighted by molar-refractivity contribution is 6.05. The summed E-state index contributed by atoms with van der Waals surface area (Å²) < 4.78 is 0. The monoisotopic (exact) mass is 226 g/mol. The molecule has 0 spiro atoms. The van der Waals surface area contributed by atoms with Crippen molar-refractivity contribution in [1.82, 2.24) is 10.2 Å². The fourth-order valence-electron chi connectivity index (χ4n) is 2.18. The van der Waals surface area contributed by atoms with Crippen molar-refractivity contribution in [3.05, 3.63) is 0 Å². The lowest BCUT2D eigenvalue weighted by atomic mass is 10.1. The first kappa shape index (κ1) is 13.2. The van der Waals surface area contributed by atoms with Gasteiger partial charge in [-0.15, -0.1) is 0 Å². The van der Waals surface area contributed by atoms with Crippen molar-refractivity contribution < 1.29 is 9.59 Å². The maximum Gasteiger partial charge on any atom is 0.247 e. The van der Waals surface area contributed by atoms with Gasteiger partial charge in [-0.3, -0.25) is 14.5 Å². The molecule has 1 heterocycles. The van der Waals surface area contributed by atoms with E-state index in [-0.39, 0.29) is 23.9 Å². The van der Waals surface area contributed by atoms with Gasteiger partial charge in [-0.1, -0.05) is 13.3 Å². The van der Waals surface area contributed by atoms with Gasteiger partial charge in [-0.2, -0.15) is 0 Å². The number of likely N-dealkylation sites (tertiary alicyclic amines) is 1. The van der Waals surface area contributed by atoms with Crippen molar-refractivity contribution >= 4 is 11.8 Å². The molecule has 0 aliphatic carbocycles. The van der Waals surface area contributed by atoms with Gasteiger partial charge >= 0.3 is 0 Å². The van der Waals surface area contributed by atoms with Crippen LogP contribution in [0.4, 0.5) is 0 Å². The van der Waals surface area contributed by atoms with E-state index in [4.69, 9.17) is 0 Å². The summed E-state index contributed by atoms with van der Waals surface area (Å²) >= 11 is 0. The summed E-state index contributed by atoms with van der Waals surface area (Å²) in [6, 6.07) is -0.0522. The normalized spacial score (nSPS) is 23.3. The van der Waals surface area contributed by atoms with Crippen molar-refractivity contribution in [3.8, 4) is 0 Å². The van der Waals surface area contributed by atoms with Gasteiger partial charge in [0.25, 0.3) is 0 Å². The predicted molar refractivity (Wildman–Crippen MR) is 62.9 cm³/mol. The van der Waals surface area contributed by atoms with E-state index in [1.54, 1.807) is 0 Å². The van der Waals surface area contributed by atoms with Gasteiger partial charge in [0.1, 0.15) is 0 Å². The summed E-state index contributed by atoms with van der Waals surface area (Å²) in [5.41, 5.74) is 0. The maximum atomic E-state index is 11.9. The van der Waals surface area contributed by atoms with E-state index < -0.39 is 0 Å². The van der Waals surface area contributed by atoms with Crippen LogP contribution >= 0.6 is 0 Å². The van der Waals surface area contributed by atoms with Crippen molar-refractivity contribution in [2.75, 3.05) is 0 Å². The highest BCUT2D eigenvalue weighted by atomic mass is 16.2. The number of carbonyl (C=O) groups is 2. The third-order valence-corrected chi connectivity index (χ3v) is 2.91. The van der Waals surface area contributed by atoms with Crippen molar-refractivity contribution in [2.24, 2.45) is 0 Å². The molecule has 4 nitrogen and oxygen atoms in total. The van der Waals surface area contributed by atoms with Crippen LogP contribution < -0.4 is 5.32 Å². The van der Waals surface area contributed by atoms with E-state index in [2.05, 4.69) is 19.2 Å². The van der Waals surface area contributed by atoms with Crippen LogP contribution in [0.5, 0.6) is 0 Å². The van der Waals surface area contributed by atoms with E-state index in [0.29, 0.717) is 12.5 Å². The summed E-state index contributed by atoms with van der Waals surface area (Å²) in [6.07, 6.45) is 2.42. The van der Waals surface area contributed by atoms with E-state index in [1.807, 2.05) is 13.8 Å². The van der Waals surface area contributed by atoms with Gasteiger partial charge in [0.05, 0.1) is 12.5 Å². The Morgan fingerprint density at radius 3 is 2.44 bits per heavy atom. The first-order chi connectivity index (χ1) is 7.47. The van der Waals surface area contributed by atoms with Crippen LogP contribution in [0.2, 0.25) is 0 Å². The van der Waals surface area contributed by atoms with Gasteiger partial charge in [0.15, 0.2) is 0 Å². The van der Waals surface area contributed by atoms with Gasteiger partial charge in [-0.25, -0.2) is 0 Å². The summed E-state index contributed by atoms with van der Waals surface area (Å²) in [5.74, 6) is -0.121. The minimum absolute atomic E-state index is 0.0340. The summed E-state index contributed by atoms with van der Waals surface area (Å²) in [7, 11) is 0. The Balaban J connectivity index is 2.59. The quantitative estimate of drug-likeness (QED) is 0.719. The van der Waals surface area contributed by atoms with Crippen LogP contribution in [0.15, 0.2) is 0 Å².